The fraction of sp³-hybridized carbons (Fsp3) is 0.500. The molecule has 88 valence electrons. The van der Waals surface area contributed by atoms with Crippen LogP contribution in [0.3, 0.4) is 0 Å². The highest BCUT2D eigenvalue weighted by Crippen LogP contribution is 2.54. The average Bonchev–Trinajstić information content (AvgIpc) is 2.98. The van der Waals surface area contributed by atoms with E-state index in [1.54, 1.807) is 7.11 Å². The number of nitrogens with two attached hydrogens (primary N) is 1. The Bertz CT molecular complexity index is 428. The second-order valence-corrected chi connectivity index (χ2v) is 5.27. The molecule has 2 rings (SSSR count). The molecule has 3 nitrogen and oxygen atoms in total. The van der Waals surface area contributed by atoms with Gasteiger partial charge in [-0.05, 0) is 47.3 Å². The molecule has 1 aliphatic rings. The van der Waals surface area contributed by atoms with Crippen LogP contribution in [0.2, 0.25) is 0 Å². The first-order valence-corrected chi connectivity index (χ1v) is 6.11. The Morgan fingerprint density at radius 2 is 2.19 bits per heavy atom. The SMILES string of the molecule is COc1c(Br)cc(C)c(C2(CN)CC2)c1O. The van der Waals surface area contributed by atoms with Crippen molar-refractivity contribution in [3.05, 3.63) is 21.7 Å². The monoisotopic (exact) mass is 285 g/mol. The van der Waals surface area contributed by atoms with Crippen LogP contribution in [0.5, 0.6) is 11.5 Å². The Hall–Kier alpha value is -0.740. The van der Waals surface area contributed by atoms with Crippen molar-refractivity contribution in [3.8, 4) is 11.5 Å². The van der Waals surface area contributed by atoms with Crippen LogP contribution in [0, 0.1) is 6.92 Å². The maximum atomic E-state index is 10.2. The van der Waals surface area contributed by atoms with Gasteiger partial charge in [-0.3, -0.25) is 0 Å². The molecule has 0 amide bonds. The topological polar surface area (TPSA) is 55.5 Å². The number of hydrogen-bond donors (Lipinski definition) is 2. The summed E-state index contributed by atoms with van der Waals surface area (Å²) in [6.45, 7) is 2.57. The van der Waals surface area contributed by atoms with E-state index < -0.39 is 0 Å². The second kappa shape index (κ2) is 3.93. The lowest BCUT2D eigenvalue weighted by molar-refractivity contribution is 0.365. The van der Waals surface area contributed by atoms with Crippen molar-refractivity contribution in [3.63, 3.8) is 0 Å². The molecule has 0 unspecified atom stereocenters. The molecule has 0 heterocycles. The molecule has 1 aliphatic carbocycles. The van der Waals surface area contributed by atoms with Crippen molar-refractivity contribution >= 4 is 15.9 Å². The van der Waals surface area contributed by atoms with E-state index in [4.69, 9.17) is 10.5 Å². The van der Waals surface area contributed by atoms with Crippen LogP contribution in [0.4, 0.5) is 0 Å². The number of rotatable bonds is 3. The Labute approximate surface area is 104 Å². The van der Waals surface area contributed by atoms with Crippen molar-refractivity contribution in [2.24, 2.45) is 5.73 Å². The molecule has 0 atom stereocenters. The van der Waals surface area contributed by atoms with E-state index in [1.807, 2.05) is 13.0 Å². The fourth-order valence-corrected chi connectivity index (χ4v) is 3.00. The van der Waals surface area contributed by atoms with Gasteiger partial charge >= 0.3 is 0 Å². The zero-order valence-corrected chi connectivity index (χ0v) is 11.1. The molecule has 0 radical (unpaired) electrons. The molecule has 4 heteroatoms. The van der Waals surface area contributed by atoms with Crippen LogP contribution in [-0.2, 0) is 5.41 Å². The summed E-state index contributed by atoms with van der Waals surface area (Å²) in [5, 5.41) is 10.2. The number of ether oxygens (including phenoxy) is 1. The number of methoxy groups -OCH3 is 1. The van der Waals surface area contributed by atoms with Crippen molar-refractivity contribution in [2.75, 3.05) is 13.7 Å². The average molecular weight is 286 g/mol. The maximum absolute atomic E-state index is 10.2. The predicted octanol–water partition coefficient (Wildman–Crippen LogP) is 2.46. The van der Waals surface area contributed by atoms with Crippen LogP contribution in [0.1, 0.15) is 24.0 Å². The Morgan fingerprint density at radius 1 is 1.56 bits per heavy atom. The molecule has 1 saturated carbocycles. The zero-order valence-electron chi connectivity index (χ0n) is 9.51. The van der Waals surface area contributed by atoms with Gasteiger partial charge in [-0.2, -0.15) is 0 Å². The minimum absolute atomic E-state index is 0.0256. The van der Waals surface area contributed by atoms with E-state index in [0.29, 0.717) is 12.3 Å². The van der Waals surface area contributed by atoms with E-state index in [1.165, 1.54) is 0 Å². The number of hydrogen-bond acceptors (Lipinski definition) is 3. The molecular weight excluding hydrogens is 270 g/mol. The molecule has 0 aromatic heterocycles. The van der Waals surface area contributed by atoms with Gasteiger partial charge in [-0.1, -0.05) is 0 Å². The summed E-state index contributed by atoms with van der Waals surface area (Å²) in [7, 11) is 1.56. The second-order valence-electron chi connectivity index (χ2n) is 4.42. The van der Waals surface area contributed by atoms with Crippen LogP contribution in [-0.4, -0.2) is 18.8 Å². The first-order valence-electron chi connectivity index (χ1n) is 5.32. The van der Waals surface area contributed by atoms with Crippen molar-refractivity contribution < 1.29 is 9.84 Å². The van der Waals surface area contributed by atoms with E-state index in [0.717, 1.165) is 28.4 Å². The van der Waals surface area contributed by atoms with Gasteiger partial charge in [0.05, 0.1) is 11.6 Å². The lowest BCUT2D eigenvalue weighted by Gasteiger charge is -2.20. The lowest BCUT2D eigenvalue weighted by atomic mass is 9.90. The highest BCUT2D eigenvalue weighted by molar-refractivity contribution is 9.10. The summed E-state index contributed by atoms with van der Waals surface area (Å²) in [6.07, 6.45) is 2.09. The molecule has 0 spiro atoms. The minimum atomic E-state index is -0.0256. The summed E-state index contributed by atoms with van der Waals surface area (Å²) in [5.74, 6) is 0.734. The van der Waals surface area contributed by atoms with Gasteiger partial charge in [0.25, 0.3) is 0 Å². The normalized spacial score (nSPS) is 17.2. The van der Waals surface area contributed by atoms with Gasteiger partial charge < -0.3 is 15.6 Å². The summed E-state index contributed by atoms with van der Waals surface area (Å²) in [5.41, 5.74) is 7.80. The van der Waals surface area contributed by atoms with Crippen LogP contribution in [0.15, 0.2) is 10.5 Å². The largest absolute Gasteiger partial charge is 0.504 e. The van der Waals surface area contributed by atoms with Gasteiger partial charge in [-0.15, -0.1) is 0 Å². The molecule has 1 aromatic rings. The molecular formula is C12H16BrNO2. The Morgan fingerprint density at radius 3 is 2.62 bits per heavy atom. The molecule has 1 fully saturated rings. The van der Waals surface area contributed by atoms with Crippen LogP contribution in [0.25, 0.3) is 0 Å². The van der Waals surface area contributed by atoms with Gasteiger partial charge in [0.2, 0.25) is 0 Å². The standard InChI is InChI=1S/C12H16BrNO2/c1-7-5-8(13)11(16-2)10(15)9(7)12(6-14)3-4-12/h5,15H,3-4,6,14H2,1-2H3. The third kappa shape index (κ3) is 1.60. The summed E-state index contributed by atoms with van der Waals surface area (Å²) in [6, 6.07) is 1.98. The third-order valence-corrected chi connectivity index (χ3v) is 3.97. The van der Waals surface area contributed by atoms with Gasteiger partial charge in [0.15, 0.2) is 11.5 Å². The molecule has 3 N–H and O–H groups in total. The molecule has 0 aliphatic heterocycles. The Kier molecular flexibility index (Phi) is 2.88. The number of phenolic OH excluding ortho intramolecular Hbond substituents is 1. The maximum Gasteiger partial charge on any atom is 0.174 e. The van der Waals surface area contributed by atoms with Crippen molar-refractivity contribution in [1.29, 1.82) is 0 Å². The van der Waals surface area contributed by atoms with E-state index in [2.05, 4.69) is 15.9 Å². The quantitative estimate of drug-likeness (QED) is 0.897. The third-order valence-electron chi connectivity index (χ3n) is 3.39. The highest BCUT2D eigenvalue weighted by atomic mass is 79.9. The van der Waals surface area contributed by atoms with Crippen molar-refractivity contribution in [2.45, 2.75) is 25.2 Å². The van der Waals surface area contributed by atoms with Gasteiger partial charge in [0, 0.05) is 17.5 Å². The van der Waals surface area contributed by atoms with Gasteiger partial charge in [0.1, 0.15) is 0 Å². The predicted molar refractivity (Wildman–Crippen MR) is 67.1 cm³/mol. The highest BCUT2D eigenvalue weighted by Gasteiger charge is 2.46. The van der Waals surface area contributed by atoms with Crippen molar-refractivity contribution in [1.82, 2.24) is 0 Å². The summed E-state index contributed by atoms with van der Waals surface area (Å²) in [4.78, 5) is 0. The molecule has 0 bridgehead atoms. The minimum Gasteiger partial charge on any atom is -0.504 e. The van der Waals surface area contributed by atoms with Gasteiger partial charge in [-0.25, -0.2) is 0 Å². The molecule has 0 saturated heterocycles. The number of benzene rings is 1. The summed E-state index contributed by atoms with van der Waals surface area (Å²) >= 11 is 3.39. The number of halogens is 1. The fourth-order valence-electron chi connectivity index (χ4n) is 2.31. The zero-order chi connectivity index (χ0) is 11.9. The smallest absolute Gasteiger partial charge is 0.174 e. The van der Waals surface area contributed by atoms with E-state index in [9.17, 15) is 5.11 Å². The first kappa shape index (κ1) is 11.7. The van der Waals surface area contributed by atoms with E-state index in [-0.39, 0.29) is 11.2 Å². The van der Waals surface area contributed by atoms with E-state index >= 15 is 0 Å². The number of phenols is 1. The van der Waals surface area contributed by atoms with Crippen LogP contribution >= 0.6 is 15.9 Å². The molecule has 16 heavy (non-hydrogen) atoms. The Balaban J connectivity index is 2.61. The first-order chi connectivity index (χ1) is 7.55. The lowest BCUT2D eigenvalue weighted by Crippen LogP contribution is -2.21. The number of aryl methyl sites for hydroxylation is 1. The number of aromatic hydroxyl groups is 1. The molecule has 1 aromatic carbocycles. The van der Waals surface area contributed by atoms with Crippen LogP contribution < -0.4 is 10.5 Å². The summed E-state index contributed by atoms with van der Waals surface area (Å²) < 4.78 is 5.98.